The molecule has 0 aliphatic carbocycles. The number of allylic oxidation sites excluding steroid dienone is 4. The van der Waals surface area contributed by atoms with E-state index in [2.05, 4.69) is 0 Å². The van der Waals surface area contributed by atoms with E-state index < -0.39 is 25.1 Å². The number of ketones is 2. The molecule has 0 aliphatic rings. The molecule has 5 heteroatoms. The maximum absolute atomic E-state index is 10.7. The summed E-state index contributed by atoms with van der Waals surface area (Å²) in [5.74, 6) is 1.04. The Balaban J connectivity index is 3.90. The minimum absolute atomic E-state index is 0.0490. The summed E-state index contributed by atoms with van der Waals surface area (Å²) >= 11 is -1.69. The van der Waals surface area contributed by atoms with Crippen LogP contribution in [0.3, 0.4) is 0 Å². The van der Waals surface area contributed by atoms with Gasteiger partial charge in [-0.05, 0) is 0 Å². The van der Waals surface area contributed by atoms with E-state index in [1.165, 1.54) is 26.0 Å². The topological polar surface area (TPSA) is 52.6 Å². The Bertz CT molecular complexity index is 275. The fourth-order valence-electron chi connectivity index (χ4n) is 0.784. The van der Waals surface area contributed by atoms with Crippen LogP contribution in [0.4, 0.5) is 0 Å². The van der Waals surface area contributed by atoms with Crippen molar-refractivity contribution in [3.63, 3.8) is 0 Å². The van der Waals surface area contributed by atoms with Gasteiger partial charge in [0.25, 0.3) is 0 Å². The molecule has 0 aromatic carbocycles. The van der Waals surface area contributed by atoms with E-state index in [0.717, 1.165) is 0 Å². The second-order valence-corrected chi connectivity index (χ2v) is 5.25. The van der Waals surface area contributed by atoms with Crippen LogP contribution in [0, 0.1) is 0 Å². The first-order valence-corrected chi connectivity index (χ1v) is 7.55. The second kappa shape index (κ2) is 7.61. The van der Waals surface area contributed by atoms with Crippen LogP contribution in [0.2, 0.25) is 0 Å². The quantitative estimate of drug-likeness (QED) is 0.382. The van der Waals surface area contributed by atoms with Gasteiger partial charge in [0.05, 0.1) is 0 Å². The molecule has 2 radical (unpaired) electrons. The van der Waals surface area contributed by atoms with Gasteiger partial charge in [-0.3, -0.25) is 0 Å². The number of hydrogen-bond acceptors (Lipinski definition) is 4. The molecule has 0 bridgehead atoms. The standard InChI is InChI=1S/2C5H8O2.Pb/c2*1-4(6)3-5(2)7;/h2*3,6H,1-2H3;/q;;+2/p-2/b2*4-3+;. The van der Waals surface area contributed by atoms with Crippen molar-refractivity contribution in [3.05, 3.63) is 23.7 Å². The molecule has 0 unspecified atom stereocenters. The summed E-state index contributed by atoms with van der Waals surface area (Å²) in [6, 6.07) is 0. The summed E-state index contributed by atoms with van der Waals surface area (Å²) in [5.41, 5.74) is 0. The Labute approximate surface area is 103 Å². The zero-order chi connectivity index (χ0) is 11.8. The predicted octanol–water partition coefficient (Wildman–Crippen LogP) is 1.54. The van der Waals surface area contributed by atoms with Crippen molar-refractivity contribution in [2.24, 2.45) is 0 Å². The van der Waals surface area contributed by atoms with Crippen molar-refractivity contribution >= 4 is 36.7 Å². The van der Waals surface area contributed by atoms with E-state index >= 15 is 0 Å². The fourth-order valence-corrected chi connectivity index (χ4v) is 2.43. The number of carbonyl (C=O) groups excluding carboxylic acids is 2. The van der Waals surface area contributed by atoms with Crippen LogP contribution in [-0.2, 0) is 15.0 Å². The van der Waals surface area contributed by atoms with Gasteiger partial charge >= 0.3 is 103 Å². The van der Waals surface area contributed by atoms with E-state index in [-0.39, 0.29) is 11.6 Å². The molecule has 0 saturated carbocycles. The fraction of sp³-hybridized carbons (Fsp3) is 0.400. The van der Waals surface area contributed by atoms with E-state index in [9.17, 15) is 9.59 Å². The van der Waals surface area contributed by atoms with Crippen molar-refractivity contribution in [1.29, 1.82) is 0 Å². The molecule has 0 spiro atoms. The molecule has 0 atom stereocenters. The molecular formula is C10H14O4Pb. The Morgan fingerprint density at radius 3 is 1.47 bits per heavy atom. The van der Waals surface area contributed by atoms with Crippen LogP contribution in [0.5, 0.6) is 0 Å². The predicted molar refractivity (Wildman–Crippen MR) is 56.8 cm³/mol. The average Bonchev–Trinajstić information content (AvgIpc) is 2.00. The van der Waals surface area contributed by atoms with Gasteiger partial charge in [-0.2, -0.15) is 0 Å². The zero-order valence-corrected chi connectivity index (χ0v) is 13.2. The van der Waals surface area contributed by atoms with Crippen molar-refractivity contribution in [2.75, 3.05) is 0 Å². The molecule has 0 rings (SSSR count). The Morgan fingerprint density at radius 2 is 1.20 bits per heavy atom. The van der Waals surface area contributed by atoms with Gasteiger partial charge in [-0.25, -0.2) is 0 Å². The molecular weight excluding hydrogens is 391 g/mol. The summed E-state index contributed by atoms with van der Waals surface area (Å²) in [7, 11) is 0. The van der Waals surface area contributed by atoms with Crippen molar-refractivity contribution in [2.45, 2.75) is 27.7 Å². The molecule has 82 valence electrons. The van der Waals surface area contributed by atoms with Crippen LogP contribution in [0.15, 0.2) is 23.7 Å². The molecule has 0 N–H and O–H groups in total. The van der Waals surface area contributed by atoms with Crippen LogP contribution in [-0.4, -0.2) is 36.7 Å². The summed E-state index contributed by atoms with van der Waals surface area (Å²) in [6.45, 7) is 6.34. The Morgan fingerprint density at radius 1 is 0.867 bits per heavy atom. The summed E-state index contributed by atoms with van der Waals surface area (Å²) in [4.78, 5) is 21.3. The molecule has 0 aromatic heterocycles. The molecule has 0 aromatic rings. The first-order chi connectivity index (χ1) is 6.91. The third kappa shape index (κ3) is 9.64. The van der Waals surface area contributed by atoms with Crippen molar-refractivity contribution < 1.29 is 15.0 Å². The monoisotopic (exact) mass is 406 g/mol. The normalized spacial score (nSPS) is 12.3. The third-order valence-electron chi connectivity index (χ3n) is 1.22. The molecule has 0 amide bonds. The van der Waals surface area contributed by atoms with E-state index in [1.54, 1.807) is 13.8 Å². The molecule has 0 heterocycles. The van der Waals surface area contributed by atoms with Crippen LogP contribution in [0.25, 0.3) is 0 Å². The summed E-state index contributed by atoms with van der Waals surface area (Å²) in [5, 5.41) is 0. The van der Waals surface area contributed by atoms with E-state index in [0.29, 0.717) is 11.5 Å². The molecule has 0 saturated heterocycles. The van der Waals surface area contributed by atoms with Crippen LogP contribution in [0.1, 0.15) is 27.7 Å². The summed E-state index contributed by atoms with van der Waals surface area (Å²) < 4.78 is 10.5. The third-order valence-corrected chi connectivity index (χ3v) is 4.37. The van der Waals surface area contributed by atoms with Gasteiger partial charge < -0.3 is 0 Å². The van der Waals surface area contributed by atoms with Gasteiger partial charge in [0.15, 0.2) is 0 Å². The number of carbonyl (C=O) groups is 2. The first-order valence-electron chi connectivity index (χ1n) is 4.38. The van der Waals surface area contributed by atoms with E-state index in [4.69, 9.17) is 5.37 Å². The van der Waals surface area contributed by atoms with Gasteiger partial charge in [0.2, 0.25) is 0 Å². The van der Waals surface area contributed by atoms with Gasteiger partial charge in [0.1, 0.15) is 0 Å². The zero-order valence-electron chi connectivity index (χ0n) is 9.29. The van der Waals surface area contributed by atoms with Crippen molar-refractivity contribution in [3.8, 4) is 0 Å². The van der Waals surface area contributed by atoms with Crippen molar-refractivity contribution in [1.82, 2.24) is 0 Å². The minimum atomic E-state index is -1.69. The molecule has 0 fully saturated rings. The molecule has 15 heavy (non-hydrogen) atoms. The summed E-state index contributed by atoms with van der Waals surface area (Å²) in [6.07, 6.45) is 2.83. The van der Waals surface area contributed by atoms with Gasteiger partial charge in [-0.1, -0.05) is 0 Å². The number of rotatable bonds is 6. The average molecular weight is 405 g/mol. The van der Waals surface area contributed by atoms with E-state index in [1.807, 2.05) is 0 Å². The SMILES string of the molecule is CC(=O)/C=C(\C)[O][Pb][O]/C(C)=C/C(C)=O. The number of hydrogen-bond donors (Lipinski definition) is 0. The van der Waals surface area contributed by atoms with Crippen LogP contribution < -0.4 is 0 Å². The van der Waals surface area contributed by atoms with Gasteiger partial charge in [-0.15, -0.1) is 0 Å². The molecule has 4 nitrogen and oxygen atoms in total. The second-order valence-electron chi connectivity index (χ2n) is 3.02. The Hall–Kier alpha value is -0.658. The Kier molecular flexibility index (Phi) is 7.28. The molecule has 0 aliphatic heterocycles. The maximum atomic E-state index is 10.7. The van der Waals surface area contributed by atoms with Gasteiger partial charge in [0, 0.05) is 0 Å². The first kappa shape index (κ1) is 14.3. The van der Waals surface area contributed by atoms with Crippen LogP contribution >= 0.6 is 0 Å².